The van der Waals surface area contributed by atoms with E-state index in [4.69, 9.17) is 4.74 Å². The second-order valence-corrected chi connectivity index (χ2v) is 4.56. The van der Waals surface area contributed by atoms with E-state index in [2.05, 4.69) is 0 Å². The SMILES string of the molecule is O=C(OC1C=CCCCC(=O)C1(F)F)c1ccccc1. The van der Waals surface area contributed by atoms with Crippen LogP contribution in [0.25, 0.3) is 0 Å². The van der Waals surface area contributed by atoms with E-state index in [1.54, 1.807) is 18.2 Å². The van der Waals surface area contributed by atoms with Crippen LogP contribution in [0.15, 0.2) is 42.5 Å². The molecule has 0 radical (unpaired) electrons. The molecule has 106 valence electrons. The van der Waals surface area contributed by atoms with Crippen molar-refractivity contribution >= 4 is 11.8 Å². The first-order valence-electron chi connectivity index (χ1n) is 6.35. The molecule has 1 unspecified atom stereocenters. The van der Waals surface area contributed by atoms with E-state index < -0.39 is 23.8 Å². The van der Waals surface area contributed by atoms with Crippen LogP contribution in [0, 0.1) is 0 Å². The summed E-state index contributed by atoms with van der Waals surface area (Å²) in [7, 11) is 0. The number of carbonyl (C=O) groups is 2. The average Bonchev–Trinajstić information content (AvgIpc) is 2.45. The fourth-order valence-corrected chi connectivity index (χ4v) is 1.92. The number of ketones is 1. The van der Waals surface area contributed by atoms with Gasteiger partial charge in [-0.15, -0.1) is 0 Å². The predicted molar refractivity (Wildman–Crippen MR) is 68.6 cm³/mol. The van der Waals surface area contributed by atoms with Crippen molar-refractivity contribution in [2.75, 3.05) is 0 Å². The minimum absolute atomic E-state index is 0.172. The van der Waals surface area contributed by atoms with Gasteiger partial charge in [-0.05, 0) is 31.1 Å². The molecule has 5 heteroatoms. The highest BCUT2D eigenvalue weighted by atomic mass is 19.3. The highest BCUT2D eigenvalue weighted by Crippen LogP contribution is 2.28. The van der Waals surface area contributed by atoms with E-state index in [0.717, 1.165) is 6.08 Å². The second-order valence-electron chi connectivity index (χ2n) is 4.56. The Morgan fingerprint density at radius 3 is 2.65 bits per heavy atom. The van der Waals surface area contributed by atoms with Gasteiger partial charge in [0, 0.05) is 6.42 Å². The molecule has 0 heterocycles. The van der Waals surface area contributed by atoms with Crippen molar-refractivity contribution in [3.63, 3.8) is 0 Å². The minimum atomic E-state index is -3.68. The summed E-state index contributed by atoms with van der Waals surface area (Å²) in [5.41, 5.74) is 0.172. The fraction of sp³-hybridized carbons (Fsp3) is 0.333. The molecule has 1 aromatic rings. The molecular formula is C15H14F2O3. The first-order valence-corrected chi connectivity index (χ1v) is 6.35. The van der Waals surface area contributed by atoms with Crippen molar-refractivity contribution in [1.29, 1.82) is 0 Å². The maximum Gasteiger partial charge on any atom is 0.344 e. The number of hydrogen-bond acceptors (Lipinski definition) is 3. The Kier molecular flexibility index (Phi) is 4.27. The Bertz CT molecular complexity index is 523. The molecule has 2 rings (SSSR count). The number of carbonyl (C=O) groups excluding carboxylic acids is 2. The van der Waals surface area contributed by atoms with Crippen LogP contribution in [0.3, 0.4) is 0 Å². The third kappa shape index (κ3) is 3.10. The molecule has 1 atom stereocenters. The van der Waals surface area contributed by atoms with Crippen LogP contribution in [0.1, 0.15) is 29.6 Å². The van der Waals surface area contributed by atoms with Crippen LogP contribution in [0.2, 0.25) is 0 Å². The van der Waals surface area contributed by atoms with E-state index in [1.165, 1.54) is 18.2 Å². The Hall–Kier alpha value is -2.04. The predicted octanol–water partition coefficient (Wildman–Crippen LogP) is 3.16. The monoisotopic (exact) mass is 280 g/mol. The summed E-state index contributed by atoms with van der Waals surface area (Å²) in [6, 6.07) is 7.84. The number of ether oxygens (including phenoxy) is 1. The quantitative estimate of drug-likeness (QED) is 0.617. The smallest absolute Gasteiger partial charge is 0.344 e. The molecule has 3 nitrogen and oxygen atoms in total. The molecular weight excluding hydrogens is 266 g/mol. The lowest BCUT2D eigenvalue weighted by atomic mass is 9.99. The third-order valence-electron chi connectivity index (χ3n) is 3.06. The lowest BCUT2D eigenvalue weighted by molar-refractivity contribution is -0.156. The summed E-state index contributed by atoms with van der Waals surface area (Å²) in [5, 5.41) is 0. The van der Waals surface area contributed by atoms with Crippen LogP contribution in [0.4, 0.5) is 8.78 Å². The van der Waals surface area contributed by atoms with Crippen molar-refractivity contribution in [3.8, 4) is 0 Å². The lowest BCUT2D eigenvalue weighted by Crippen LogP contribution is -2.43. The Morgan fingerprint density at radius 1 is 1.25 bits per heavy atom. The summed E-state index contributed by atoms with van der Waals surface area (Å²) in [5.74, 6) is -5.73. The van der Waals surface area contributed by atoms with Gasteiger partial charge in [0.15, 0.2) is 6.10 Å². The van der Waals surface area contributed by atoms with Gasteiger partial charge >= 0.3 is 11.9 Å². The van der Waals surface area contributed by atoms with Gasteiger partial charge in [-0.1, -0.05) is 24.3 Å². The van der Waals surface area contributed by atoms with E-state index in [0.29, 0.717) is 12.8 Å². The van der Waals surface area contributed by atoms with Gasteiger partial charge in [0.05, 0.1) is 5.56 Å². The largest absolute Gasteiger partial charge is 0.448 e. The molecule has 0 spiro atoms. The number of hydrogen-bond donors (Lipinski definition) is 0. The van der Waals surface area contributed by atoms with Gasteiger partial charge < -0.3 is 4.74 Å². The normalized spacial score (nSPS) is 21.9. The highest BCUT2D eigenvalue weighted by Gasteiger charge is 2.48. The zero-order valence-corrected chi connectivity index (χ0v) is 10.7. The number of alkyl halides is 2. The molecule has 0 aromatic heterocycles. The molecule has 1 aromatic carbocycles. The Balaban J connectivity index is 2.18. The summed E-state index contributed by atoms with van der Waals surface area (Å²) >= 11 is 0. The molecule has 0 saturated carbocycles. The fourth-order valence-electron chi connectivity index (χ4n) is 1.92. The van der Waals surface area contributed by atoms with E-state index in [1.807, 2.05) is 0 Å². The van der Waals surface area contributed by atoms with Crippen LogP contribution >= 0.6 is 0 Å². The number of benzene rings is 1. The molecule has 0 saturated heterocycles. The topological polar surface area (TPSA) is 43.4 Å². The Morgan fingerprint density at radius 2 is 1.95 bits per heavy atom. The van der Waals surface area contributed by atoms with E-state index in [-0.39, 0.29) is 12.0 Å². The maximum absolute atomic E-state index is 13.9. The van der Waals surface area contributed by atoms with Crippen molar-refractivity contribution in [2.45, 2.75) is 31.3 Å². The number of halogens is 2. The third-order valence-corrected chi connectivity index (χ3v) is 3.06. The van der Waals surface area contributed by atoms with Crippen LogP contribution in [-0.2, 0) is 9.53 Å². The molecule has 1 aliphatic rings. The van der Waals surface area contributed by atoms with Gasteiger partial charge in [-0.25, -0.2) is 4.79 Å². The number of allylic oxidation sites excluding steroid dienone is 1. The van der Waals surface area contributed by atoms with Crippen molar-refractivity contribution in [3.05, 3.63) is 48.0 Å². The Labute approximate surface area is 115 Å². The van der Waals surface area contributed by atoms with Crippen molar-refractivity contribution in [2.24, 2.45) is 0 Å². The van der Waals surface area contributed by atoms with Crippen molar-refractivity contribution < 1.29 is 23.1 Å². The molecule has 1 aliphatic carbocycles. The first-order chi connectivity index (χ1) is 9.51. The van der Waals surface area contributed by atoms with Crippen LogP contribution < -0.4 is 0 Å². The van der Waals surface area contributed by atoms with Crippen LogP contribution in [-0.4, -0.2) is 23.8 Å². The van der Waals surface area contributed by atoms with Crippen molar-refractivity contribution in [1.82, 2.24) is 0 Å². The van der Waals surface area contributed by atoms with Gasteiger partial charge in [-0.2, -0.15) is 8.78 Å². The number of rotatable bonds is 2. The average molecular weight is 280 g/mol. The van der Waals surface area contributed by atoms with E-state index >= 15 is 0 Å². The number of Topliss-reactive ketones (excluding diaryl/α,β-unsaturated/α-hetero) is 1. The van der Waals surface area contributed by atoms with Gasteiger partial charge in [-0.3, -0.25) is 4.79 Å². The maximum atomic E-state index is 13.9. The molecule has 0 fully saturated rings. The van der Waals surface area contributed by atoms with Gasteiger partial charge in [0.25, 0.3) is 0 Å². The van der Waals surface area contributed by atoms with Gasteiger partial charge in [0.1, 0.15) is 0 Å². The molecule has 20 heavy (non-hydrogen) atoms. The minimum Gasteiger partial charge on any atom is -0.448 e. The van der Waals surface area contributed by atoms with Gasteiger partial charge in [0.2, 0.25) is 5.78 Å². The first kappa shape index (κ1) is 14.4. The molecule has 0 amide bonds. The summed E-state index contributed by atoms with van der Waals surface area (Å²) in [6.07, 6.45) is 1.45. The zero-order chi connectivity index (χ0) is 14.6. The summed E-state index contributed by atoms with van der Waals surface area (Å²) in [4.78, 5) is 23.2. The standard InChI is InChI=1S/C15H14F2O3/c16-15(17)12(18)9-5-2-6-10-13(15)20-14(19)11-7-3-1-4-8-11/h1,3-4,6-8,10,13H,2,5,9H2. The molecule has 0 aliphatic heterocycles. The van der Waals surface area contributed by atoms with E-state index in [9.17, 15) is 18.4 Å². The molecule has 0 N–H and O–H groups in total. The zero-order valence-electron chi connectivity index (χ0n) is 10.7. The highest BCUT2D eigenvalue weighted by molar-refractivity contribution is 5.91. The molecule has 0 bridgehead atoms. The lowest BCUT2D eigenvalue weighted by Gasteiger charge is -2.24. The summed E-state index contributed by atoms with van der Waals surface area (Å²) in [6.45, 7) is 0. The summed E-state index contributed by atoms with van der Waals surface area (Å²) < 4.78 is 32.6. The number of esters is 1. The second kappa shape index (κ2) is 5.94. The van der Waals surface area contributed by atoms with Crippen LogP contribution in [0.5, 0.6) is 0 Å².